The number of hydrogen-bond donors (Lipinski definition) is 2. The number of carbonyl (C=O) groups excluding carboxylic acids is 1. The van der Waals surface area contributed by atoms with Crippen LogP contribution in [0.2, 0.25) is 0 Å². The molecule has 1 aromatic heterocycles. The van der Waals surface area contributed by atoms with Crippen LogP contribution in [-0.4, -0.2) is 16.9 Å². The Kier molecular flexibility index (Phi) is 4.60. The Balaban J connectivity index is 1.74. The van der Waals surface area contributed by atoms with Crippen LogP contribution in [0.3, 0.4) is 0 Å². The quantitative estimate of drug-likeness (QED) is 0.893. The van der Waals surface area contributed by atoms with Crippen LogP contribution in [0.15, 0.2) is 36.5 Å². The van der Waals surface area contributed by atoms with Crippen LogP contribution in [0.4, 0.5) is 11.4 Å². The average Bonchev–Trinajstić information content (AvgIpc) is 3.04. The van der Waals surface area contributed by atoms with E-state index in [0.29, 0.717) is 11.7 Å². The molecule has 1 heterocycles. The molecular weight excluding hydrogens is 286 g/mol. The highest BCUT2D eigenvalue weighted by Crippen LogP contribution is 2.22. The molecule has 2 N–H and O–H groups in total. The molecule has 0 atom stereocenters. The predicted octanol–water partition coefficient (Wildman–Crippen LogP) is 4.11. The molecule has 1 fully saturated rings. The number of rotatable bonds is 4. The number of pyridine rings is 1. The summed E-state index contributed by atoms with van der Waals surface area (Å²) in [6, 6.07) is 10.3. The summed E-state index contributed by atoms with van der Waals surface area (Å²) < 4.78 is 0. The first kappa shape index (κ1) is 15.5. The molecule has 0 radical (unpaired) electrons. The molecule has 23 heavy (non-hydrogen) atoms. The molecule has 2 aromatic rings. The van der Waals surface area contributed by atoms with Gasteiger partial charge in [-0.3, -0.25) is 9.78 Å². The number of anilines is 2. The Hall–Kier alpha value is -2.36. The third kappa shape index (κ3) is 3.89. The van der Waals surface area contributed by atoms with Crippen molar-refractivity contribution in [3.63, 3.8) is 0 Å². The summed E-state index contributed by atoms with van der Waals surface area (Å²) in [5, 5.41) is 6.46. The van der Waals surface area contributed by atoms with E-state index < -0.39 is 0 Å². The van der Waals surface area contributed by atoms with Gasteiger partial charge < -0.3 is 10.6 Å². The largest absolute Gasteiger partial charge is 0.355 e. The fraction of sp³-hybridized carbons (Fsp3) is 0.368. The van der Waals surface area contributed by atoms with E-state index in [9.17, 15) is 4.79 Å². The number of benzene rings is 1. The second kappa shape index (κ2) is 6.82. The molecule has 0 saturated heterocycles. The normalized spacial score (nSPS) is 14.7. The van der Waals surface area contributed by atoms with E-state index in [0.717, 1.165) is 24.2 Å². The van der Waals surface area contributed by atoms with Crippen molar-refractivity contribution < 1.29 is 4.79 Å². The van der Waals surface area contributed by atoms with Gasteiger partial charge in [-0.1, -0.05) is 25.0 Å². The molecule has 0 aliphatic heterocycles. The van der Waals surface area contributed by atoms with Gasteiger partial charge in [0.2, 0.25) is 0 Å². The van der Waals surface area contributed by atoms with Crippen LogP contribution >= 0.6 is 0 Å². The van der Waals surface area contributed by atoms with E-state index in [1.165, 1.54) is 24.0 Å². The summed E-state index contributed by atoms with van der Waals surface area (Å²) in [6.07, 6.45) is 6.23. The van der Waals surface area contributed by atoms with Crippen molar-refractivity contribution in [3.8, 4) is 0 Å². The van der Waals surface area contributed by atoms with E-state index in [1.54, 1.807) is 6.20 Å². The Morgan fingerprint density at radius 1 is 1.13 bits per heavy atom. The lowest BCUT2D eigenvalue weighted by Crippen LogP contribution is -2.33. The van der Waals surface area contributed by atoms with Crippen molar-refractivity contribution in [1.29, 1.82) is 0 Å². The number of nitrogens with one attached hydrogen (secondary N) is 2. The zero-order valence-electron chi connectivity index (χ0n) is 13.7. The van der Waals surface area contributed by atoms with Crippen LogP contribution in [0.1, 0.15) is 47.3 Å². The molecular formula is C19H23N3O. The van der Waals surface area contributed by atoms with Gasteiger partial charge in [0.15, 0.2) is 0 Å². The lowest BCUT2D eigenvalue weighted by atomic mass is 10.1. The predicted molar refractivity (Wildman–Crippen MR) is 93.2 cm³/mol. The monoisotopic (exact) mass is 309 g/mol. The van der Waals surface area contributed by atoms with Gasteiger partial charge in [-0.15, -0.1) is 0 Å². The van der Waals surface area contributed by atoms with Crippen LogP contribution in [0, 0.1) is 13.8 Å². The first-order valence-electron chi connectivity index (χ1n) is 8.23. The fourth-order valence-electron chi connectivity index (χ4n) is 2.99. The van der Waals surface area contributed by atoms with Crippen LogP contribution in [-0.2, 0) is 0 Å². The van der Waals surface area contributed by atoms with Gasteiger partial charge in [0.05, 0.1) is 0 Å². The zero-order chi connectivity index (χ0) is 16.2. The standard InChI is InChI=1S/C19H23N3O/c1-13-7-8-14(2)17(11-13)21-16-9-10-20-18(12-16)19(23)22-15-5-3-4-6-15/h7-12,15H,3-6H2,1-2H3,(H,20,21)(H,22,23). The Morgan fingerprint density at radius 2 is 1.91 bits per heavy atom. The van der Waals surface area contributed by atoms with E-state index >= 15 is 0 Å². The molecule has 1 aliphatic carbocycles. The Morgan fingerprint density at radius 3 is 2.70 bits per heavy atom. The minimum absolute atomic E-state index is 0.0819. The molecule has 3 rings (SSSR count). The first-order chi connectivity index (χ1) is 11.1. The molecule has 4 nitrogen and oxygen atoms in total. The summed E-state index contributed by atoms with van der Waals surface area (Å²) in [7, 11) is 0. The highest BCUT2D eigenvalue weighted by atomic mass is 16.1. The van der Waals surface area contributed by atoms with E-state index in [1.807, 2.05) is 12.1 Å². The molecule has 0 bridgehead atoms. The van der Waals surface area contributed by atoms with Gasteiger partial charge in [-0.05, 0) is 56.0 Å². The Bertz CT molecular complexity index is 706. The van der Waals surface area contributed by atoms with Crippen molar-refractivity contribution in [3.05, 3.63) is 53.3 Å². The fourth-order valence-corrected chi connectivity index (χ4v) is 2.99. The summed E-state index contributed by atoms with van der Waals surface area (Å²) in [6.45, 7) is 4.13. The molecule has 0 unspecified atom stereocenters. The van der Waals surface area contributed by atoms with Crippen molar-refractivity contribution in [2.75, 3.05) is 5.32 Å². The molecule has 1 amide bonds. The second-order valence-electron chi connectivity index (χ2n) is 6.33. The van der Waals surface area contributed by atoms with Gasteiger partial charge >= 0.3 is 0 Å². The SMILES string of the molecule is Cc1ccc(C)c(Nc2ccnc(C(=O)NC3CCCC3)c2)c1. The number of aryl methyl sites for hydroxylation is 2. The van der Waals surface area contributed by atoms with Crippen LogP contribution in [0.25, 0.3) is 0 Å². The number of nitrogens with zero attached hydrogens (tertiary/aromatic N) is 1. The lowest BCUT2D eigenvalue weighted by molar-refractivity contribution is 0.0933. The van der Waals surface area contributed by atoms with Crippen molar-refractivity contribution in [2.45, 2.75) is 45.6 Å². The van der Waals surface area contributed by atoms with Gasteiger partial charge in [0.25, 0.3) is 5.91 Å². The second-order valence-corrected chi connectivity index (χ2v) is 6.33. The van der Waals surface area contributed by atoms with Crippen molar-refractivity contribution in [2.24, 2.45) is 0 Å². The third-order valence-electron chi connectivity index (χ3n) is 4.36. The molecule has 4 heteroatoms. The Labute approximate surface area is 137 Å². The summed E-state index contributed by atoms with van der Waals surface area (Å²) in [4.78, 5) is 16.5. The van der Waals surface area contributed by atoms with E-state index in [-0.39, 0.29) is 5.91 Å². The van der Waals surface area contributed by atoms with E-state index in [2.05, 4.69) is 47.7 Å². The molecule has 1 saturated carbocycles. The highest BCUT2D eigenvalue weighted by Gasteiger charge is 2.18. The van der Waals surface area contributed by atoms with Gasteiger partial charge in [-0.25, -0.2) is 0 Å². The number of hydrogen-bond acceptors (Lipinski definition) is 3. The average molecular weight is 309 g/mol. The minimum atomic E-state index is -0.0819. The molecule has 120 valence electrons. The zero-order valence-corrected chi connectivity index (χ0v) is 13.7. The van der Waals surface area contributed by atoms with E-state index in [4.69, 9.17) is 0 Å². The summed E-state index contributed by atoms with van der Waals surface area (Å²) in [5.41, 5.74) is 4.77. The maximum atomic E-state index is 12.3. The number of amides is 1. The number of carbonyl (C=O) groups is 1. The third-order valence-corrected chi connectivity index (χ3v) is 4.36. The van der Waals surface area contributed by atoms with Crippen molar-refractivity contribution >= 4 is 17.3 Å². The maximum absolute atomic E-state index is 12.3. The topological polar surface area (TPSA) is 54.0 Å². The highest BCUT2D eigenvalue weighted by molar-refractivity contribution is 5.93. The van der Waals surface area contributed by atoms with Gasteiger partial charge in [0.1, 0.15) is 5.69 Å². The summed E-state index contributed by atoms with van der Waals surface area (Å²) in [5.74, 6) is -0.0819. The van der Waals surface area contributed by atoms with Crippen LogP contribution < -0.4 is 10.6 Å². The van der Waals surface area contributed by atoms with Gasteiger partial charge in [0, 0.05) is 23.6 Å². The molecule has 0 spiro atoms. The first-order valence-corrected chi connectivity index (χ1v) is 8.23. The van der Waals surface area contributed by atoms with Gasteiger partial charge in [-0.2, -0.15) is 0 Å². The summed E-state index contributed by atoms with van der Waals surface area (Å²) >= 11 is 0. The molecule has 1 aliphatic rings. The maximum Gasteiger partial charge on any atom is 0.270 e. The lowest BCUT2D eigenvalue weighted by Gasteiger charge is -2.13. The number of aromatic nitrogens is 1. The minimum Gasteiger partial charge on any atom is -0.355 e. The van der Waals surface area contributed by atoms with Crippen molar-refractivity contribution in [1.82, 2.24) is 10.3 Å². The van der Waals surface area contributed by atoms with Crippen LogP contribution in [0.5, 0.6) is 0 Å². The molecule has 1 aromatic carbocycles. The smallest absolute Gasteiger partial charge is 0.270 e.